The van der Waals surface area contributed by atoms with Crippen LogP contribution in [0.25, 0.3) is 0 Å². The van der Waals surface area contributed by atoms with Gasteiger partial charge < -0.3 is 0 Å². The maximum Gasteiger partial charge on any atom is 0.134 e. The fourth-order valence-corrected chi connectivity index (χ4v) is 3.45. The lowest BCUT2D eigenvalue weighted by atomic mass is 9.92. The standard InChI is InChI=1S/C13H14O/c1-8(14)13-11-6-7-12(13)10-5-3-2-4-9(10)11/h2-5,11-13H,6-7H2,1H3/t11-,12+,13?. The van der Waals surface area contributed by atoms with Crippen LogP contribution in [0.4, 0.5) is 0 Å². The number of hydrogen-bond acceptors (Lipinski definition) is 1. The number of fused-ring (bicyclic) bond motifs is 5. The van der Waals surface area contributed by atoms with Crippen LogP contribution < -0.4 is 0 Å². The molecule has 0 heterocycles. The summed E-state index contributed by atoms with van der Waals surface area (Å²) >= 11 is 0. The van der Waals surface area contributed by atoms with Gasteiger partial charge in [-0.25, -0.2) is 0 Å². The molecule has 0 radical (unpaired) electrons. The second-order valence-electron chi connectivity index (χ2n) is 4.56. The Morgan fingerprint density at radius 3 is 2.07 bits per heavy atom. The lowest BCUT2D eigenvalue weighted by Crippen LogP contribution is -2.13. The second kappa shape index (κ2) is 2.69. The van der Waals surface area contributed by atoms with Gasteiger partial charge in [-0.3, -0.25) is 4.79 Å². The van der Waals surface area contributed by atoms with Gasteiger partial charge in [0, 0.05) is 5.92 Å². The molecule has 1 nitrogen and oxygen atoms in total. The Hall–Kier alpha value is -1.11. The van der Waals surface area contributed by atoms with Gasteiger partial charge in [0.1, 0.15) is 5.78 Å². The number of carbonyl (C=O) groups is 1. The Balaban J connectivity index is 2.13. The third kappa shape index (κ3) is 0.875. The quantitative estimate of drug-likeness (QED) is 0.659. The van der Waals surface area contributed by atoms with E-state index in [1.54, 1.807) is 6.92 Å². The third-order valence-corrected chi connectivity index (χ3v) is 3.92. The monoisotopic (exact) mass is 186 g/mol. The van der Waals surface area contributed by atoms with Crippen molar-refractivity contribution < 1.29 is 4.79 Å². The lowest BCUT2D eigenvalue weighted by molar-refractivity contribution is -0.121. The Labute approximate surface area is 84.1 Å². The van der Waals surface area contributed by atoms with E-state index in [4.69, 9.17) is 0 Å². The highest BCUT2D eigenvalue weighted by molar-refractivity contribution is 5.82. The molecule has 2 aliphatic rings. The number of ketones is 1. The summed E-state index contributed by atoms with van der Waals surface area (Å²) in [7, 11) is 0. The highest BCUT2D eigenvalue weighted by Gasteiger charge is 2.47. The van der Waals surface area contributed by atoms with E-state index in [0.29, 0.717) is 23.5 Å². The van der Waals surface area contributed by atoms with Crippen LogP contribution in [-0.4, -0.2) is 5.78 Å². The number of rotatable bonds is 1. The highest BCUT2D eigenvalue weighted by atomic mass is 16.1. The van der Waals surface area contributed by atoms with E-state index in [0.717, 1.165) is 0 Å². The van der Waals surface area contributed by atoms with Gasteiger partial charge in [0.05, 0.1) is 0 Å². The molecular weight excluding hydrogens is 172 g/mol. The van der Waals surface area contributed by atoms with Gasteiger partial charge in [-0.2, -0.15) is 0 Å². The summed E-state index contributed by atoms with van der Waals surface area (Å²) in [6, 6.07) is 8.59. The van der Waals surface area contributed by atoms with E-state index in [1.165, 1.54) is 24.0 Å². The molecular formula is C13H14O. The van der Waals surface area contributed by atoms with Crippen LogP contribution in [0.15, 0.2) is 24.3 Å². The summed E-state index contributed by atoms with van der Waals surface area (Å²) in [6.45, 7) is 1.75. The molecule has 1 fully saturated rings. The van der Waals surface area contributed by atoms with E-state index in [2.05, 4.69) is 24.3 Å². The van der Waals surface area contributed by atoms with E-state index < -0.39 is 0 Å². The molecule has 0 spiro atoms. The van der Waals surface area contributed by atoms with Crippen LogP contribution in [0.1, 0.15) is 42.7 Å². The minimum absolute atomic E-state index is 0.299. The molecule has 0 amide bonds. The molecule has 2 aliphatic carbocycles. The number of Topliss-reactive ketones (excluding diaryl/α,β-unsaturated/α-hetero) is 1. The summed E-state index contributed by atoms with van der Waals surface area (Å²) in [5, 5.41) is 0. The number of carbonyl (C=O) groups excluding carboxylic acids is 1. The molecule has 0 aromatic heterocycles. The summed E-state index contributed by atoms with van der Waals surface area (Å²) in [4.78, 5) is 11.6. The molecule has 3 atom stereocenters. The number of benzene rings is 1. The molecule has 1 aromatic carbocycles. The van der Waals surface area contributed by atoms with Gasteiger partial charge in [0.2, 0.25) is 0 Å². The van der Waals surface area contributed by atoms with Gasteiger partial charge in [0.15, 0.2) is 0 Å². The largest absolute Gasteiger partial charge is 0.300 e. The second-order valence-corrected chi connectivity index (χ2v) is 4.56. The first-order chi connectivity index (χ1) is 6.79. The Kier molecular flexibility index (Phi) is 1.58. The van der Waals surface area contributed by atoms with E-state index >= 15 is 0 Å². The zero-order valence-corrected chi connectivity index (χ0v) is 8.36. The summed E-state index contributed by atoms with van der Waals surface area (Å²) in [5.74, 6) is 1.75. The first-order valence-electron chi connectivity index (χ1n) is 5.38. The third-order valence-electron chi connectivity index (χ3n) is 3.92. The van der Waals surface area contributed by atoms with Crippen molar-refractivity contribution in [2.45, 2.75) is 31.6 Å². The van der Waals surface area contributed by atoms with Crippen LogP contribution >= 0.6 is 0 Å². The molecule has 1 saturated carbocycles. The molecule has 72 valence electrons. The highest BCUT2D eigenvalue weighted by Crippen LogP contribution is 2.57. The average Bonchev–Trinajstić information content (AvgIpc) is 2.73. The Morgan fingerprint density at radius 2 is 1.64 bits per heavy atom. The molecule has 14 heavy (non-hydrogen) atoms. The van der Waals surface area contributed by atoms with Crippen molar-refractivity contribution in [1.82, 2.24) is 0 Å². The zero-order valence-electron chi connectivity index (χ0n) is 8.36. The topological polar surface area (TPSA) is 17.1 Å². The summed E-state index contributed by atoms with van der Waals surface area (Å²) in [5.41, 5.74) is 2.90. The SMILES string of the molecule is CC(=O)C1[C@@H]2CC[C@H]1c1ccccc12. The van der Waals surface area contributed by atoms with Crippen molar-refractivity contribution in [1.29, 1.82) is 0 Å². The van der Waals surface area contributed by atoms with Crippen molar-refractivity contribution in [2.75, 3.05) is 0 Å². The molecule has 1 heteroatoms. The van der Waals surface area contributed by atoms with Gasteiger partial charge in [-0.1, -0.05) is 24.3 Å². The Bertz CT molecular complexity index is 363. The predicted molar refractivity (Wildman–Crippen MR) is 55.3 cm³/mol. The van der Waals surface area contributed by atoms with Gasteiger partial charge >= 0.3 is 0 Å². The van der Waals surface area contributed by atoms with Crippen molar-refractivity contribution in [3.05, 3.63) is 35.4 Å². The first kappa shape index (κ1) is 8.22. The van der Waals surface area contributed by atoms with Gasteiger partial charge in [0.25, 0.3) is 0 Å². The normalized spacial score (nSPS) is 33.1. The summed E-state index contributed by atoms with van der Waals surface area (Å²) < 4.78 is 0. The molecule has 0 saturated heterocycles. The fourth-order valence-electron chi connectivity index (χ4n) is 3.45. The summed E-state index contributed by atoms with van der Waals surface area (Å²) in [6.07, 6.45) is 2.43. The van der Waals surface area contributed by atoms with Gasteiger partial charge in [-0.15, -0.1) is 0 Å². The van der Waals surface area contributed by atoms with E-state index in [-0.39, 0.29) is 0 Å². The van der Waals surface area contributed by atoms with Crippen LogP contribution in [-0.2, 0) is 4.79 Å². The minimum atomic E-state index is 0.299. The van der Waals surface area contributed by atoms with Crippen LogP contribution in [0, 0.1) is 5.92 Å². The molecule has 1 unspecified atom stereocenters. The van der Waals surface area contributed by atoms with E-state index in [1.807, 2.05) is 0 Å². The molecule has 0 N–H and O–H groups in total. The predicted octanol–water partition coefficient (Wildman–Crippen LogP) is 2.87. The zero-order chi connectivity index (χ0) is 9.71. The maximum absolute atomic E-state index is 11.6. The molecule has 3 rings (SSSR count). The smallest absolute Gasteiger partial charge is 0.134 e. The number of hydrogen-bond donors (Lipinski definition) is 0. The molecule has 2 bridgehead atoms. The van der Waals surface area contributed by atoms with Crippen molar-refractivity contribution in [2.24, 2.45) is 5.92 Å². The molecule has 1 aromatic rings. The Morgan fingerprint density at radius 1 is 1.14 bits per heavy atom. The minimum Gasteiger partial charge on any atom is -0.300 e. The van der Waals surface area contributed by atoms with Crippen LogP contribution in [0.3, 0.4) is 0 Å². The van der Waals surface area contributed by atoms with Crippen LogP contribution in [0.5, 0.6) is 0 Å². The van der Waals surface area contributed by atoms with E-state index in [9.17, 15) is 4.79 Å². The fraction of sp³-hybridized carbons (Fsp3) is 0.462. The van der Waals surface area contributed by atoms with Crippen molar-refractivity contribution in [3.8, 4) is 0 Å². The maximum atomic E-state index is 11.6. The lowest BCUT2D eigenvalue weighted by Gasteiger charge is -2.13. The van der Waals surface area contributed by atoms with Crippen LogP contribution in [0.2, 0.25) is 0 Å². The van der Waals surface area contributed by atoms with Gasteiger partial charge in [-0.05, 0) is 42.7 Å². The van der Waals surface area contributed by atoms with Crippen molar-refractivity contribution in [3.63, 3.8) is 0 Å². The first-order valence-corrected chi connectivity index (χ1v) is 5.38. The molecule has 0 aliphatic heterocycles. The van der Waals surface area contributed by atoms with Crippen molar-refractivity contribution >= 4 is 5.78 Å². The average molecular weight is 186 g/mol.